The van der Waals surface area contributed by atoms with E-state index >= 15 is 0 Å². The van der Waals surface area contributed by atoms with Crippen molar-refractivity contribution in [1.29, 1.82) is 0 Å². The van der Waals surface area contributed by atoms with E-state index in [9.17, 15) is 14.6 Å². The summed E-state index contributed by atoms with van der Waals surface area (Å²) in [5, 5.41) is 19.8. The van der Waals surface area contributed by atoms with Gasteiger partial charge >= 0.3 is 0 Å². The highest BCUT2D eigenvalue weighted by molar-refractivity contribution is 5.29. The van der Waals surface area contributed by atoms with E-state index in [-0.39, 0.29) is 17.7 Å². The molecule has 4 nitrogen and oxygen atoms in total. The molecule has 4 rings (SSSR count). The Balaban J connectivity index is 1.29. The zero-order valence-electron chi connectivity index (χ0n) is 15.5. The number of rotatable bonds is 5. The van der Waals surface area contributed by atoms with Crippen LogP contribution in [0.25, 0.3) is 0 Å². The summed E-state index contributed by atoms with van der Waals surface area (Å²) in [6.07, 6.45) is 1.38. The quantitative estimate of drug-likeness (QED) is 0.842. The largest absolute Gasteiger partial charge is 0.508 e. The molecule has 0 radical (unpaired) electrons. The van der Waals surface area contributed by atoms with Gasteiger partial charge in [-0.05, 0) is 67.0 Å². The molecule has 2 aromatic rings. The van der Waals surface area contributed by atoms with E-state index in [1.54, 1.807) is 30.3 Å². The van der Waals surface area contributed by atoms with Crippen molar-refractivity contribution in [3.63, 3.8) is 0 Å². The molecule has 0 amide bonds. The Labute approximate surface area is 159 Å². The van der Waals surface area contributed by atoms with Gasteiger partial charge in [-0.1, -0.05) is 18.2 Å². The molecule has 1 saturated carbocycles. The predicted octanol–water partition coefficient (Wildman–Crippen LogP) is 3.66. The van der Waals surface area contributed by atoms with Crippen LogP contribution >= 0.6 is 0 Å². The van der Waals surface area contributed by atoms with E-state index in [2.05, 4.69) is 4.90 Å². The molecule has 144 valence electrons. The van der Waals surface area contributed by atoms with Crippen LogP contribution in [0.4, 0.5) is 4.39 Å². The molecule has 2 aromatic carbocycles. The molecule has 4 atom stereocenters. The third-order valence-corrected chi connectivity index (χ3v) is 5.87. The number of fused-ring (bicyclic) bond motifs is 1. The zero-order valence-corrected chi connectivity index (χ0v) is 15.5. The lowest BCUT2D eigenvalue weighted by Crippen LogP contribution is -2.29. The minimum atomic E-state index is -0.557. The van der Waals surface area contributed by atoms with Crippen LogP contribution in [0, 0.1) is 24.6 Å². The van der Waals surface area contributed by atoms with Crippen molar-refractivity contribution >= 4 is 0 Å². The van der Waals surface area contributed by atoms with Gasteiger partial charge in [0.1, 0.15) is 5.75 Å². The van der Waals surface area contributed by atoms with Gasteiger partial charge in [0.05, 0.1) is 12.2 Å². The number of aliphatic hydroxyl groups is 1. The van der Waals surface area contributed by atoms with Crippen LogP contribution in [-0.4, -0.2) is 40.9 Å². The Morgan fingerprint density at radius 3 is 2.41 bits per heavy atom. The number of likely N-dealkylation sites (tertiary alicyclic amines) is 1. The van der Waals surface area contributed by atoms with Crippen molar-refractivity contribution in [2.24, 2.45) is 11.8 Å². The van der Waals surface area contributed by atoms with Crippen molar-refractivity contribution < 1.29 is 19.3 Å². The Morgan fingerprint density at radius 2 is 1.78 bits per heavy atom. The number of aryl methyl sites for hydroxylation is 1. The number of ether oxygens (including phenoxy) is 1. The molecule has 0 aromatic heterocycles. The van der Waals surface area contributed by atoms with Crippen LogP contribution < -0.4 is 4.74 Å². The van der Waals surface area contributed by atoms with Crippen molar-refractivity contribution in [2.75, 3.05) is 19.6 Å². The molecule has 1 aliphatic heterocycles. The second-order valence-corrected chi connectivity index (χ2v) is 7.99. The van der Waals surface area contributed by atoms with E-state index < -0.39 is 6.10 Å². The van der Waals surface area contributed by atoms with Crippen LogP contribution in [0.1, 0.15) is 30.1 Å². The summed E-state index contributed by atoms with van der Waals surface area (Å²) >= 11 is 0. The number of nitrogens with zero attached hydrogens (tertiary/aromatic N) is 1. The van der Waals surface area contributed by atoms with E-state index in [1.165, 1.54) is 6.07 Å². The first-order chi connectivity index (χ1) is 13.0. The molecule has 0 spiro atoms. The van der Waals surface area contributed by atoms with E-state index in [0.29, 0.717) is 24.1 Å². The molecular formula is C22H26FNO3. The summed E-state index contributed by atoms with van der Waals surface area (Å²) in [4.78, 5) is 2.30. The van der Waals surface area contributed by atoms with Gasteiger partial charge in [0.2, 0.25) is 0 Å². The first kappa shape index (κ1) is 18.3. The summed E-state index contributed by atoms with van der Waals surface area (Å²) < 4.78 is 19.9. The summed E-state index contributed by atoms with van der Waals surface area (Å²) in [6.45, 7) is 4.34. The van der Waals surface area contributed by atoms with Gasteiger partial charge in [-0.3, -0.25) is 4.90 Å². The van der Waals surface area contributed by atoms with Gasteiger partial charge in [-0.15, -0.1) is 0 Å². The molecule has 1 saturated heterocycles. The van der Waals surface area contributed by atoms with Crippen molar-refractivity contribution in [1.82, 2.24) is 4.90 Å². The van der Waals surface area contributed by atoms with Gasteiger partial charge in [-0.2, -0.15) is 0 Å². The Bertz CT molecular complexity index is 781. The third kappa shape index (κ3) is 4.09. The fraction of sp³-hybridized carbons (Fsp3) is 0.455. The van der Waals surface area contributed by atoms with Crippen molar-refractivity contribution in [3.05, 3.63) is 59.4 Å². The zero-order chi connectivity index (χ0) is 19.0. The second-order valence-electron chi connectivity index (χ2n) is 7.99. The predicted molar refractivity (Wildman–Crippen MR) is 101 cm³/mol. The second kappa shape index (κ2) is 7.49. The maximum absolute atomic E-state index is 14.0. The molecule has 2 fully saturated rings. The normalized spacial score (nSPS) is 26.1. The first-order valence-corrected chi connectivity index (χ1v) is 9.60. The van der Waals surface area contributed by atoms with Gasteiger partial charge < -0.3 is 14.9 Å². The van der Waals surface area contributed by atoms with Gasteiger partial charge in [0, 0.05) is 19.6 Å². The Kier molecular flexibility index (Phi) is 5.06. The lowest BCUT2D eigenvalue weighted by atomic mass is 10.0. The third-order valence-electron chi connectivity index (χ3n) is 5.87. The number of benzene rings is 2. The number of phenols is 1. The molecule has 5 heteroatoms. The number of hydrogen-bond acceptors (Lipinski definition) is 4. The van der Waals surface area contributed by atoms with Crippen LogP contribution in [0.15, 0.2) is 42.5 Å². The number of aliphatic hydroxyl groups excluding tert-OH is 1. The number of aromatic hydroxyl groups is 1. The van der Waals surface area contributed by atoms with Crippen molar-refractivity contribution in [2.45, 2.75) is 32.0 Å². The highest BCUT2D eigenvalue weighted by Gasteiger charge is 2.42. The van der Waals surface area contributed by atoms with Gasteiger partial charge in [-0.25, -0.2) is 4.39 Å². The highest BCUT2D eigenvalue weighted by atomic mass is 19.1. The molecule has 1 heterocycles. The molecule has 27 heavy (non-hydrogen) atoms. The summed E-state index contributed by atoms with van der Waals surface area (Å²) in [6, 6.07) is 11.8. The summed E-state index contributed by atoms with van der Waals surface area (Å²) in [7, 11) is 0. The monoisotopic (exact) mass is 371 g/mol. The average molecular weight is 371 g/mol. The standard InChI is InChI=1S/C22H26FNO3/c1-14-2-7-22(20(23)8-14)27-19-9-16-11-24(12-17(16)10-19)13-21(26)15-3-5-18(25)6-4-15/h2-8,16-17,19,21,25-26H,9-13H2,1H3/t16-,17+,19-,21?. The minimum Gasteiger partial charge on any atom is -0.508 e. The fourth-order valence-electron chi connectivity index (χ4n) is 4.51. The number of β-amino-alcohol motifs (C(OH)–C–C–N with tert-alkyl or cyclic N) is 1. The SMILES string of the molecule is Cc1ccc(O[C@@H]2C[C@@H]3CN(CC(O)c4ccc(O)cc4)C[C@@H]3C2)c(F)c1. The van der Waals surface area contributed by atoms with E-state index in [1.807, 2.05) is 13.0 Å². The van der Waals surface area contributed by atoms with Crippen molar-refractivity contribution in [3.8, 4) is 11.5 Å². The Morgan fingerprint density at radius 1 is 1.11 bits per heavy atom. The number of hydrogen-bond donors (Lipinski definition) is 2. The van der Waals surface area contributed by atoms with Crippen LogP contribution in [-0.2, 0) is 0 Å². The van der Waals surface area contributed by atoms with Gasteiger partial charge in [0.25, 0.3) is 0 Å². The molecular weight excluding hydrogens is 345 g/mol. The first-order valence-electron chi connectivity index (χ1n) is 9.60. The van der Waals surface area contributed by atoms with Crippen LogP contribution in [0.3, 0.4) is 0 Å². The molecule has 1 unspecified atom stereocenters. The maximum atomic E-state index is 14.0. The highest BCUT2D eigenvalue weighted by Crippen LogP contribution is 2.40. The molecule has 0 bridgehead atoms. The molecule has 2 aliphatic rings. The van der Waals surface area contributed by atoms with E-state index in [0.717, 1.165) is 37.1 Å². The summed E-state index contributed by atoms with van der Waals surface area (Å²) in [5.41, 5.74) is 1.71. The average Bonchev–Trinajstić information content (AvgIpc) is 3.15. The topological polar surface area (TPSA) is 52.9 Å². The summed E-state index contributed by atoms with van der Waals surface area (Å²) in [5.74, 6) is 1.35. The van der Waals surface area contributed by atoms with Gasteiger partial charge in [0.15, 0.2) is 11.6 Å². The lowest BCUT2D eigenvalue weighted by Gasteiger charge is -2.22. The van der Waals surface area contributed by atoms with Crippen LogP contribution in [0.5, 0.6) is 11.5 Å². The number of halogens is 1. The van der Waals surface area contributed by atoms with Crippen LogP contribution in [0.2, 0.25) is 0 Å². The molecule has 2 N–H and O–H groups in total. The van der Waals surface area contributed by atoms with E-state index in [4.69, 9.17) is 4.74 Å². The fourth-order valence-corrected chi connectivity index (χ4v) is 4.51. The molecule has 1 aliphatic carbocycles. The number of phenolic OH excluding ortho intramolecular Hbond substituents is 1. The smallest absolute Gasteiger partial charge is 0.165 e. The maximum Gasteiger partial charge on any atom is 0.165 e. The minimum absolute atomic E-state index is 0.0707. The lowest BCUT2D eigenvalue weighted by molar-refractivity contribution is 0.115. The Hall–Kier alpha value is -2.11.